The summed E-state index contributed by atoms with van der Waals surface area (Å²) in [6.07, 6.45) is 2.43. The number of benzene rings is 1. The van der Waals surface area contributed by atoms with Crippen molar-refractivity contribution in [2.24, 2.45) is 11.8 Å². The monoisotopic (exact) mass is 360 g/mol. The van der Waals surface area contributed by atoms with Crippen LogP contribution in [0.25, 0.3) is 0 Å². The highest BCUT2D eigenvalue weighted by Crippen LogP contribution is 2.34. The lowest BCUT2D eigenvalue weighted by molar-refractivity contribution is -0.384. The molecular formula is C13H17IN2O2. The lowest BCUT2D eigenvalue weighted by Gasteiger charge is -2.21. The van der Waals surface area contributed by atoms with Gasteiger partial charge in [-0.2, -0.15) is 0 Å². The van der Waals surface area contributed by atoms with Crippen LogP contribution in [0.3, 0.4) is 0 Å². The molecule has 4 nitrogen and oxygen atoms in total. The fraction of sp³-hybridized carbons (Fsp3) is 0.538. The first-order valence-corrected chi connectivity index (χ1v) is 7.27. The van der Waals surface area contributed by atoms with E-state index < -0.39 is 0 Å². The van der Waals surface area contributed by atoms with Gasteiger partial charge in [-0.25, -0.2) is 0 Å². The van der Waals surface area contributed by atoms with Crippen LogP contribution in [0.15, 0.2) is 18.2 Å². The number of non-ortho nitro benzene ring substituents is 1. The van der Waals surface area contributed by atoms with Crippen LogP contribution in [-0.2, 0) is 0 Å². The van der Waals surface area contributed by atoms with Gasteiger partial charge in [0.15, 0.2) is 0 Å². The number of anilines is 1. The molecule has 98 valence electrons. The normalized spacial score (nSPS) is 27.2. The summed E-state index contributed by atoms with van der Waals surface area (Å²) in [6.45, 7) is 4.56. The van der Waals surface area contributed by atoms with Crippen molar-refractivity contribution in [1.29, 1.82) is 0 Å². The van der Waals surface area contributed by atoms with Gasteiger partial charge in [-0.15, -0.1) is 0 Å². The first-order valence-electron chi connectivity index (χ1n) is 6.19. The van der Waals surface area contributed by atoms with Gasteiger partial charge in [0.25, 0.3) is 5.69 Å². The van der Waals surface area contributed by atoms with Gasteiger partial charge in [0.05, 0.1) is 4.92 Å². The molecule has 2 rings (SSSR count). The summed E-state index contributed by atoms with van der Waals surface area (Å²) >= 11 is 2.15. The Labute approximate surface area is 120 Å². The molecule has 18 heavy (non-hydrogen) atoms. The third-order valence-corrected chi connectivity index (χ3v) is 4.86. The predicted octanol–water partition coefficient (Wildman–Crippen LogP) is 4.05. The fourth-order valence-electron chi connectivity index (χ4n) is 2.50. The van der Waals surface area contributed by atoms with Gasteiger partial charge in [0, 0.05) is 27.4 Å². The molecule has 1 N–H and O–H groups in total. The maximum atomic E-state index is 10.7. The second kappa shape index (κ2) is 5.42. The summed E-state index contributed by atoms with van der Waals surface area (Å²) in [6, 6.07) is 5.48. The zero-order valence-electron chi connectivity index (χ0n) is 10.5. The van der Waals surface area contributed by atoms with Crippen molar-refractivity contribution >= 4 is 34.0 Å². The van der Waals surface area contributed by atoms with Gasteiger partial charge in [-0.1, -0.05) is 13.8 Å². The van der Waals surface area contributed by atoms with Crippen LogP contribution in [0, 0.1) is 25.5 Å². The maximum absolute atomic E-state index is 10.7. The third kappa shape index (κ3) is 2.76. The highest BCUT2D eigenvalue weighted by atomic mass is 127. The molecule has 3 atom stereocenters. The van der Waals surface area contributed by atoms with Crippen LogP contribution in [0.1, 0.15) is 26.7 Å². The first-order chi connectivity index (χ1) is 8.49. The van der Waals surface area contributed by atoms with Crippen LogP contribution >= 0.6 is 22.6 Å². The summed E-state index contributed by atoms with van der Waals surface area (Å²) < 4.78 is 0.911. The maximum Gasteiger partial charge on any atom is 0.270 e. The van der Waals surface area contributed by atoms with Crippen molar-refractivity contribution in [1.82, 2.24) is 0 Å². The molecule has 1 aliphatic carbocycles. The fourth-order valence-corrected chi connectivity index (χ4v) is 3.16. The standard InChI is InChI=1S/C13H17IN2O2/c1-8-3-5-12(9(8)2)15-13-6-4-10(16(17)18)7-11(13)14/h4,6-9,12,15H,3,5H2,1-2H3. The van der Waals surface area contributed by atoms with Crippen LogP contribution in [0.5, 0.6) is 0 Å². The molecule has 1 aliphatic rings. The van der Waals surface area contributed by atoms with Crippen molar-refractivity contribution < 1.29 is 4.92 Å². The summed E-state index contributed by atoms with van der Waals surface area (Å²) in [7, 11) is 0. The highest BCUT2D eigenvalue weighted by Gasteiger charge is 2.29. The van der Waals surface area contributed by atoms with Gasteiger partial charge in [0.2, 0.25) is 0 Å². The minimum atomic E-state index is -0.355. The Balaban J connectivity index is 2.13. The largest absolute Gasteiger partial charge is 0.381 e. The van der Waals surface area contributed by atoms with Gasteiger partial charge >= 0.3 is 0 Å². The molecule has 0 amide bonds. The predicted molar refractivity (Wildman–Crippen MR) is 80.8 cm³/mol. The second-order valence-electron chi connectivity index (χ2n) is 5.09. The number of nitrogens with one attached hydrogen (secondary N) is 1. The molecule has 1 saturated carbocycles. The zero-order valence-corrected chi connectivity index (χ0v) is 12.7. The van der Waals surface area contributed by atoms with E-state index in [-0.39, 0.29) is 10.6 Å². The molecular weight excluding hydrogens is 343 g/mol. The van der Waals surface area contributed by atoms with E-state index in [1.54, 1.807) is 12.1 Å². The van der Waals surface area contributed by atoms with E-state index in [1.165, 1.54) is 12.8 Å². The molecule has 1 fully saturated rings. The lowest BCUT2D eigenvalue weighted by Crippen LogP contribution is -2.24. The van der Waals surface area contributed by atoms with Crippen molar-refractivity contribution in [3.8, 4) is 0 Å². The third-order valence-electron chi connectivity index (χ3n) is 3.97. The average Bonchev–Trinajstić information content (AvgIpc) is 2.63. The molecule has 0 aromatic heterocycles. The Bertz CT molecular complexity index is 464. The smallest absolute Gasteiger partial charge is 0.270 e. The van der Waals surface area contributed by atoms with Gasteiger partial charge in [-0.05, 0) is 53.3 Å². The van der Waals surface area contributed by atoms with Crippen LogP contribution in [-0.4, -0.2) is 11.0 Å². The molecule has 3 unspecified atom stereocenters. The van der Waals surface area contributed by atoms with Gasteiger partial charge in [-0.3, -0.25) is 10.1 Å². The molecule has 1 aromatic carbocycles. The van der Waals surface area contributed by atoms with Crippen molar-refractivity contribution in [2.45, 2.75) is 32.7 Å². The SMILES string of the molecule is CC1CCC(Nc2ccc([N+](=O)[O-])cc2I)C1C. The Morgan fingerprint density at radius 2 is 2.11 bits per heavy atom. The number of nitrogens with zero attached hydrogens (tertiary/aromatic N) is 1. The Kier molecular flexibility index (Phi) is 4.09. The van der Waals surface area contributed by atoms with Gasteiger partial charge < -0.3 is 5.32 Å². The number of nitro groups is 1. The number of hydrogen-bond acceptors (Lipinski definition) is 3. The zero-order chi connectivity index (χ0) is 13.3. The van der Waals surface area contributed by atoms with E-state index in [0.29, 0.717) is 12.0 Å². The number of halogens is 1. The molecule has 0 aliphatic heterocycles. The topological polar surface area (TPSA) is 55.2 Å². The lowest BCUT2D eigenvalue weighted by atomic mass is 9.97. The summed E-state index contributed by atoms with van der Waals surface area (Å²) in [5, 5.41) is 14.2. The molecule has 0 bridgehead atoms. The number of hydrogen-bond donors (Lipinski definition) is 1. The molecule has 0 saturated heterocycles. The van der Waals surface area contributed by atoms with E-state index in [9.17, 15) is 10.1 Å². The summed E-state index contributed by atoms with van der Waals surface area (Å²) in [4.78, 5) is 10.3. The number of nitro benzene ring substituents is 1. The average molecular weight is 360 g/mol. The second-order valence-corrected chi connectivity index (χ2v) is 6.25. The first kappa shape index (κ1) is 13.6. The minimum absolute atomic E-state index is 0.151. The van der Waals surface area contributed by atoms with Crippen molar-refractivity contribution in [2.75, 3.05) is 5.32 Å². The van der Waals surface area contributed by atoms with E-state index in [0.717, 1.165) is 15.2 Å². The molecule has 1 aromatic rings. The van der Waals surface area contributed by atoms with E-state index in [1.807, 2.05) is 6.07 Å². The van der Waals surface area contributed by atoms with E-state index in [2.05, 4.69) is 41.8 Å². The highest BCUT2D eigenvalue weighted by molar-refractivity contribution is 14.1. The minimum Gasteiger partial charge on any atom is -0.381 e. The Morgan fingerprint density at radius 3 is 2.61 bits per heavy atom. The van der Waals surface area contributed by atoms with Crippen molar-refractivity contribution in [3.05, 3.63) is 31.9 Å². The summed E-state index contributed by atoms with van der Waals surface area (Å²) in [5.74, 6) is 1.40. The molecule has 5 heteroatoms. The van der Waals surface area contributed by atoms with Crippen LogP contribution < -0.4 is 5.32 Å². The Hall–Kier alpha value is -0.850. The van der Waals surface area contributed by atoms with Crippen LogP contribution in [0.4, 0.5) is 11.4 Å². The molecule has 0 heterocycles. The molecule has 0 radical (unpaired) electrons. The van der Waals surface area contributed by atoms with Gasteiger partial charge in [0.1, 0.15) is 0 Å². The van der Waals surface area contributed by atoms with E-state index in [4.69, 9.17) is 0 Å². The molecule has 0 spiro atoms. The van der Waals surface area contributed by atoms with Crippen LogP contribution in [0.2, 0.25) is 0 Å². The Morgan fingerprint density at radius 1 is 1.39 bits per heavy atom. The van der Waals surface area contributed by atoms with E-state index >= 15 is 0 Å². The van der Waals surface area contributed by atoms with Crippen molar-refractivity contribution in [3.63, 3.8) is 0 Å². The number of rotatable bonds is 3. The quantitative estimate of drug-likeness (QED) is 0.503. The summed E-state index contributed by atoms with van der Waals surface area (Å²) in [5.41, 5.74) is 1.16.